The van der Waals surface area contributed by atoms with E-state index in [-0.39, 0.29) is 16.7 Å². The third kappa shape index (κ3) is 2.67. The van der Waals surface area contributed by atoms with E-state index in [1.165, 1.54) is 6.07 Å². The average molecular weight is 302 g/mol. The van der Waals surface area contributed by atoms with Crippen LogP contribution in [0.2, 0.25) is 0 Å². The monoisotopic (exact) mass is 302 g/mol. The van der Waals surface area contributed by atoms with Crippen LogP contribution < -0.4 is 15.4 Å². The maximum absolute atomic E-state index is 11.4. The van der Waals surface area contributed by atoms with Crippen LogP contribution in [0.4, 0.5) is 11.5 Å². The molecule has 1 saturated heterocycles. The third-order valence-corrected chi connectivity index (χ3v) is 3.96. The highest BCUT2D eigenvalue weighted by Gasteiger charge is 2.21. The van der Waals surface area contributed by atoms with Crippen molar-refractivity contribution in [1.29, 1.82) is 0 Å². The predicted molar refractivity (Wildman–Crippen MR) is 84.5 cm³/mol. The summed E-state index contributed by atoms with van der Waals surface area (Å²) in [7, 11) is 1.56. The molecule has 3 rings (SSSR count). The molecule has 7 nitrogen and oxygen atoms in total. The minimum absolute atomic E-state index is 0.0420. The Morgan fingerprint density at radius 2 is 2.14 bits per heavy atom. The molecule has 0 spiro atoms. The van der Waals surface area contributed by atoms with E-state index in [1.807, 2.05) is 0 Å². The van der Waals surface area contributed by atoms with Gasteiger partial charge in [0.25, 0.3) is 5.69 Å². The maximum atomic E-state index is 11.4. The van der Waals surface area contributed by atoms with Crippen LogP contribution in [0, 0.1) is 10.1 Å². The summed E-state index contributed by atoms with van der Waals surface area (Å²) >= 11 is 0. The number of fused-ring (bicyclic) bond motifs is 1. The fourth-order valence-corrected chi connectivity index (χ4v) is 2.85. The van der Waals surface area contributed by atoms with Gasteiger partial charge >= 0.3 is 0 Å². The smallest absolute Gasteiger partial charge is 0.281 e. The van der Waals surface area contributed by atoms with Crippen molar-refractivity contribution in [3.05, 3.63) is 34.5 Å². The zero-order valence-electron chi connectivity index (χ0n) is 12.3. The van der Waals surface area contributed by atoms with Crippen molar-refractivity contribution in [2.45, 2.75) is 18.9 Å². The summed E-state index contributed by atoms with van der Waals surface area (Å²) in [5.74, 6) is 1.16. The Balaban J connectivity index is 2.10. The molecular weight excluding hydrogens is 284 g/mol. The number of nitro benzene ring substituents is 1. The largest absolute Gasteiger partial charge is 0.496 e. The van der Waals surface area contributed by atoms with Gasteiger partial charge in [0, 0.05) is 23.7 Å². The number of nitrogens with zero attached hydrogens (tertiary/aromatic N) is 2. The van der Waals surface area contributed by atoms with Crippen molar-refractivity contribution in [2.24, 2.45) is 0 Å². The van der Waals surface area contributed by atoms with Gasteiger partial charge in [-0.05, 0) is 38.1 Å². The van der Waals surface area contributed by atoms with Crippen molar-refractivity contribution < 1.29 is 9.66 Å². The number of non-ortho nitro benzene ring substituents is 1. The number of aromatic nitrogens is 1. The number of hydrogen-bond acceptors (Lipinski definition) is 6. The molecule has 1 aliphatic rings. The van der Waals surface area contributed by atoms with E-state index in [4.69, 9.17) is 4.74 Å². The standard InChI is InChI=1S/C15H18N4O3/c1-22-13-3-2-12(19(20)21)14-11(13)6-9-17-15(14)18-10-4-7-16-8-5-10/h2-3,6,9-10,16H,4-5,7-8H2,1H3,(H,17,18). The molecule has 0 amide bonds. The number of ether oxygens (including phenoxy) is 1. The Morgan fingerprint density at radius 3 is 2.82 bits per heavy atom. The number of piperidine rings is 1. The minimum atomic E-state index is -0.378. The molecule has 0 aliphatic carbocycles. The van der Waals surface area contributed by atoms with Crippen LogP contribution in [0.5, 0.6) is 5.75 Å². The highest BCUT2D eigenvalue weighted by atomic mass is 16.6. The normalized spacial score (nSPS) is 15.7. The fraction of sp³-hybridized carbons (Fsp3) is 0.400. The van der Waals surface area contributed by atoms with E-state index in [0.29, 0.717) is 22.3 Å². The number of nitro groups is 1. The molecule has 1 aliphatic heterocycles. The van der Waals surface area contributed by atoms with Crippen molar-refractivity contribution in [2.75, 3.05) is 25.5 Å². The van der Waals surface area contributed by atoms with E-state index in [0.717, 1.165) is 25.9 Å². The van der Waals surface area contributed by atoms with Gasteiger partial charge in [-0.2, -0.15) is 0 Å². The number of rotatable bonds is 4. The zero-order chi connectivity index (χ0) is 15.5. The molecule has 0 unspecified atom stereocenters. The summed E-state index contributed by atoms with van der Waals surface area (Å²) in [5, 5.41) is 19.2. The number of pyridine rings is 1. The number of methoxy groups -OCH3 is 1. The van der Waals surface area contributed by atoms with Crippen LogP contribution >= 0.6 is 0 Å². The summed E-state index contributed by atoms with van der Waals surface area (Å²) in [6.07, 6.45) is 3.59. The number of anilines is 1. The Morgan fingerprint density at radius 1 is 1.36 bits per heavy atom. The molecule has 0 saturated carbocycles. The number of benzene rings is 1. The van der Waals surface area contributed by atoms with Gasteiger partial charge in [-0.1, -0.05) is 0 Å². The first-order valence-electron chi connectivity index (χ1n) is 7.28. The molecule has 7 heteroatoms. The summed E-state index contributed by atoms with van der Waals surface area (Å²) in [6.45, 7) is 1.88. The zero-order valence-corrected chi connectivity index (χ0v) is 12.3. The van der Waals surface area contributed by atoms with Gasteiger partial charge in [0.2, 0.25) is 0 Å². The highest BCUT2D eigenvalue weighted by molar-refractivity contribution is 6.02. The van der Waals surface area contributed by atoms with Gasteiger partial charge in [-0.25, -0.2) is 4.98 Å². The molecule has 1 fully saturated rings. The van der Waals surface area contributed by atoms with Gasteiger partial charge in [-0.3, -0.25) is 10.1 Å². The van der Waals surface area contributed by atoms with E-state index in [2.05, 4.69) is 15.6 Å². The summed E-state index contributed by atoms with van der Waals surface area (Å²) in [4.78, 5) is 15.3. The lowest BCUT2D eigenvalue weighted by molar-refractivity contribution is -0.383. The van der Waals surface area contributed by atoms with Crippen LogP contribution in [0.25, 0.3) is 10.8 Å². The first kappa shape index (κ1) is 14.5. The first-order chi connectivity index (χ1) is 10.7. The van der Waals surface area contributed by atoms with Crippen molar-refractivity contribution in [3.63, 3.8) is 0 Å². The van der Waals surface area contributed by atoms with Gasteiger partial charge in [0.05, 0.1) is 12.0 Å². The van der Waals surface area contributed by atoms with Crippen LogP contribution in [-0.4, -0.2) is 36.1 Å². The SMILES string of the molecule is COc1ccc([N+](=O)[O-])c2c(NC3CCNCC3)nccc12. The Bertz CT molecular complexity index is 698. The van der Waals surface area contributed by atoms with E-state index in [9.17, 15) is 10.1 Å². The highest BCUT2D eigenvalue weighted by Crippen LogP contribution is 2.37. The Hall–Kier alpha value is -2.41. The van der Waals surface area contributed by atoms with Crippen molar-refractivity contribution in [1.82, 2.24) is 10.3 Å². The van der Waals surface area contributed by atoms with Gasteiger partial charge < -0.3 is 15.4 Å². The second-order valence-corrected chi connectivity index (χ2v) is 5.29. The van der Waals surface area contributed by atoms with Crippen molar-refractivity contribution in [3.8, 4) is 5.75 Å². The van der Waals surface area contributed by atoms with Crippen molar-refractivity contribution >= 4 is 22.3 Å². The molecule has 22 heavy (non-hydrogen) atoms. The Labute approximate surface area is 127 Å². The van der Waals surface area contributed by atoms with Gasteiger partial charge in [-0.15, -0.1) is 0 Å². The molecule has 2 aromatic rings. The lowest BCUT2D eigenvalue weighted by atomic mass is 10.1. The van der Waals surface area contributed by atoms with Gasteiger partial charge in [0.1, 0.15) is 17.0 Å². The van der Waals surface area contributed by atoms with Crippen LogP contribution in [-0.2, 0) is 0 Å². The van der Waals surface area contributed by atoms with E-state index >= 15 is 0 Å². The lowest BCUT2D eigenvalue weighted by Crippen LogP contribution is -2.35. The average Bonchev–Trinajstić information content (AvgIpc) is 2.55. The molecule has 1 aromatic heterocycles. The fourth-order valence-electron chi connectivity index (χ4n) is 2.85. The molecule has 116 valence electrons. The summed E-state index contributed by atoms with van der Waals surface area (Å²) in [5.41, 5.74) is 0.0420. The van der Waals surface area contributed by atoms with E-state index in [1.54, 1.807) is 25.4 Å². The van der Waals surface area contributed by atoms with E-state index < -0.39 is 0 Å². The molecule has 0 radical (unpaired) electrons. The second-order valence-electron chi connectivity index (χ2n) is 5.29. The third-order valence-electron chi connectivity index (χ3n) is 3.96. The van der Waals surface area contributed by atoms with Crippen LogP contribution in [0.1, 0.15) is 12.8 Å². The second kappa shape index (κ2) is 6.15. The molecule has 2 N–H and O–H groups in total. The quantitative estimate of drug-likeness (QED) is 0.665. The summed E-state index contributed by atoms with van der Waals surface area (Å²) in [6, 6.07) is 5.10. The summed E-state index contributed by atoms with van der Waals surface area (Å²) < 4.78 is 5.32. The number of nitrogens with one attached hydrogen (secondary N) is 2. The lowest BCUT2D eigenvalue weighted by Gasteiger charge is -2.24. The first-order valence-corrected chi connectivity index (χ1v) is 7.28. The number of hydrogen-bond donors (Lipinski definition) is 2. The maximum Gasteiger partial charge on any atom is 0.281 e. The topological polar surface area (TPSA) is 89.3 Å². The molecule has 1 aromatic carbocycles. The predicted octanol–water partition coefficient (Wildman–Crippen LogP) is 2.32. The Kier molecular flexibility index (Phi) is 4.06. The molecule has 0 atom stereocenters. The van der Waals surface area contributed by atoms with Gasteiger partial charge in [0.15, 0.2) is 0 Å². The van der Waals surface area contributed by atoms with Crippen LogP contribution in [0.3, 0.4) is 0 Å². The minimum Gasteiger partial charge on any atom is -0.496 e. The molecule has 0 bridgehead atoms. The van der Waals surface area contributed by atoms with Crippen LogP contribution in [0.15, 0.2) is 24.4 Å². The molecular formula is C15H18N4O3. The molecule has 2 heterocycles.